The SMILES string of the molecule is O=S(=O)(NCC1CCC1)c1ccc(CO)c(Cl)c1. The van der Waals surface area contributed by atoms with Gasteiger partial charge >= 0.3 is 0 Å². The summed E-state index contributed by atoms with van der Waals surface area (Å²) in [6.45, 7) is 0.288. The molecule has 100 valence electrons. The summed E-state index contributed by atoms with van der Waals surface area (Å²) in [5.41, 5.74) is 0.523. The van der Waals surface area contributed by atoms with Crippen LogP contribution in [0.1, 0.15) is 24.8 Å². The molecule has 2 rings (SSSR count). The van der Waals surface area contributed by atoms with Crippen molar-refractivity contribution in [3.8, 4) is 0 Å². The number of hydrogen-bond acceptors (Lipinski definition) is 3. The van der Waals surface area contributed by atoms with Crippen molar-refractivity contribution in [1.29, 1.82) is 0 Å². The van der Waals surface area contributed by atoms with Crippen molar-refractivity contribution in [1.82, 2.24) is 4.72 Å². The molecule has 0 aromatic heterocycles. The molecule has 0 heterocycles. The van der Waals surface area contributed by atoms with Crippen LogP contribution in [-0.2, 0) is 16.6 Å². The van der Waals surface area contributed by atoms with Crippen LogP contribution in [0.2, 0.25) is 5.02 Å². The number of nitrogens with one attached hydrogen (secondary N) is 1. The van der Waals surface area contributed by atoms with Crippen molar-refractivity contribution < 1.29 is 13.5 Å². The molecule has 1 saturated carbocycles. The molecule has 1 fully saturated rings. The topological polar surface area (TPSA) is 66.4 Å². The van der Waals surface area contributed by atoms with Crippen molar-refractivity contribution in [2.75, 3.05) is 6.54 Å². The van der Waals surface area contributed by atoms with Gasteiger partial charge in [0.2, 0.25) is 10.0 Å². The van der Waals surface area contributed by atoms with Crippen LogP contribution in [0.25, 0.3) is 0 Å². The maximum atomic E-state index is 12.0. The van der Waals surface area contributed by atoms with E-state index in [4.69, 9.17) is 16.7 Å². The summed E-state index contributed by atoms with van der Waals surface area (Å²) in [5.74, 6) is 0.465. The molecule has 0 spiro atoms. The minimum atomic E-state index is -3.50. The van der Waals surface area contributed by atoms with Crippen LogP contribution in [0.3, 0.4) is 0 Å². The lowest BCUT2D eigenvalue weighted by Gasteiger charge is -2.25. The van der Waals surface area contributed by atoms with Crippen LogP contribution >= 0.6 is 11.6 Å². The summed E-state index contributed by atoms with van der Waals surface area (Å²) in [6, 6.07) is 4.36. The van der Waals surface area contributed by atoms with Crippen molar-refractivity contribution in [3.63, 3.8) is 0 Å². The summed E-state index contributed by atoms with van der Waals surface area (Å²) in [4.78, 5) is 0.143. The van der Waals surface area contributed by atoms with E-state index in [2.05, 4.69) is 4.72 Å². The Morgan fingerprint density at radius 3 is 2.61 bits per heavy atom. The summed E-state index contributed by atoms with van der Waals surface area (Å²) in [7, 11) is -3.50. The lowest BCUT2D eigenvalue weighted by Crippen LogP contribution is -2.32. The molecule has 18 heavy (non-hydrogen) atoms. The molecule has 0 bridgehead atoms. The highest BCUT2D eigenvalue weighted by Crippen LogP contribution is 2.26. The zero-order valence-corrected chi connectivity index (χ0v) is 11.5. The third kappa shape index (κ3) is 3.03. The van der Waals surface area contributed by atoms with E-state index >= 15 is 0 Å². The Balaban J connectivity index is 2.10. The van der Waals surface area contributed by atoms with Gasteiger partial charge in [-0.25, -0.2) is 13.1 Å². The van der Waals surface area contributed by atoms with E-state index in [0.29, 0.717) is 18.0 Å². The molecule has 1 aromatic carbocycles. The zero-order valence-electron chi connectivity index (χ0n) is 9.89. The fourth-order valence-corrected chi connectivity index (χ4v) is 3.28. The fraction of sp³-hybridized carbons (Fsp3) is 0.500. The lowest BCUT2D eigenvalue weighted by molar-refractivity contribution is 0.282. The fourth-order valence-electron chi connectivity index (χ4n) is 1.83. The smallest absolute Gasteiger partial charge is 0.240 e. The molecule has 0 aliphatic heterocycles. The van der Waals surface area contributed by atoms with Crippen molar-refractivity contribution >= 4 is 21.6 Å². The minimum Gasteiger partial charge on any atom is -0.392 e. The predicted molar refractivity (Wildman–Crippen MR) is 69.9 cm³/mol. The summed E-state index contributed by atoms with van der Waals surface area (Å²) >= 11 is 5.88. The minimum absolute atomic E-state index is 0.143. The maximum Gasteiger partial charge on any atom is 0.240 e. The zero-order chi connectivity index (χ0) is 13.2. The standard InChI is InChI=1S/C12H16ClNO3S/c13-12-6-11(5-4-10(12)8-15)18(16,17)14-7-9-2-1-3-9/h4-6,9,14-15H,1-3,7-8H2. The van der Waals surface area contributed by atoms with E-state index in [9.17, 15) is 8.42 Å². The Morgan fingerprint density at radius 1 is 1.39 bits per heavy atom. The van der Waals surface area contributed by atoms with Gasteiger partial charge in [0.25, 0.3) is 0 Å². The number of benzene rings is 1. The molecule has 4 nitrogen and oxygen atoms in total. The van der Waals surface area contributed by atoms with Gasteiger partial charge < -0.3 is 5.11 Å². The maximum absolute atomic E-state index is 12.0. The molecule has 2 N–H and O–H groups in total. The van der Waals surface area contributed by atoms with E-state index in [1.165, 1.54) is 24.6 Å². The average molecular weight is 290 g/mol. The Morgan fingerprint density at radius 2 is 2.11 bits per heavy atom. The molecule has 0 unspecified atom stereocenters. The van der Waals surface area contributed by atoms with Crippen LogP contribution in [0.4, 0.5) is 0 Å². The predicted octanol–water partition coefficient (Wildman–Crippen LogP) is 1.91. The first kappa shape index (κ1) is 13.8. The molecule has 0 saturated heterocycles. The van der Waals surface area contributed by atoms with Gasteiger partial charge in [-0.3, -0.25) is 0 Å². The molecule has 0 atom stereocenters. The Labute approximate surface area is 112 Å². The van der Waals surface area contributed by atoms with Crippen LogP contribution in [-0.4, -0.2) is 20.1 Å². The molecule has 0 amide bonds. The van der Waals surface area contributed by atoms with E-state index in [1.54, 1.807) is 0 Å². The van der Waals surface area contributed by atoms with E-state index in [0.717, 1.165) is 12.8 Å². The molecule has 0 radical (unpaired) electrons. The van der Waals surface area contributed by atoms with Gasteiger partial charge in [0.05, 0.1) is 11.5 Å². The molecule has 6 heteroatoms. The number of hydrogen-bond donors (Lipinski definition) is 2. The number of aliphatic hydroxyl groups is 1. The van der Waals surface area contributed by atoms with Gasteiger partial charge in [0.1, 0.15) is 0 Å². The van der Waals surface area contributed by atoms with Crippen LogP contribution < -0.4 is 4.72 Å². The largest absolute Gasteiger partial charge is 0.392 e. The summed E-state index contributed by atoms with van der Waals surface area (Å²) in [5, 5.41) is 9.25. The third-order valence-corrected chi connectivity index (χ3v) is 5.07. The summed E-state index contributed by atoms with van der Waals surface area (Å²) < 4.78 is 26.6. The third-order valence-electron chi connectivity index (χ3n) is 3.29. The highest BCUT2D eigenvalue weighted by atomic mass is 35.5. The highest BCUT2D eigenvalue weighted by molar-refractivity contribution is 7.89. The number of halogens is 1. The first-order valence-corrected chi connectivity index (χ1v) is 7.78. The van der Waals surface area contributed by atoms with Gasteiger partial charge in [-0.15, -0.1) is 0 Å². The second-order valence-electron chi connectivity index (χ2n) is 4.56. The highest BCUT2D eigenvalue weighted by Gasteiger charge is 2.21. The Kier molecular flexibility index (Phi) is 4.27. The monoisotopic (exact) mass is 289 g/mol. The average Bonchev–Trinajstić information content (AvgIpc) is 2.26. The van der Waals surface area contributed by atoms with Crippen LogP contribution in [0.5, 0.6) is 0 Å². The quantitative estimate of drug-likeness (QED) is 0.870. The molecule has 1 aromatic rings. The van der Waals surface area contributed by atoms with Gasteiger partial charge in [0, 0.05) is 11.6 Å². The van der Waals surface area contributed by atoms with Gasteiger partial charge in [-0.2, -0.15) is 0 Å². The molecular weight excluding hydrogens is 274 g/mol. The van der Waals surface area contributed by atoms with E-state index in [1.807, 2.05) is 0 Å². The summed E-state index contributed by atoms with van der Waals surface area (Å²) in [6.07, 6.45) is 3.36. The van der Waals surface area contributed by atoms with Crippen molar-refractivity contribution in [3.05, 3.63) is 28.8 Å². The van der Waals surface area contributed by atoms with Crippen molar-refractivity contribution in [2.45, 2.75) is 30.8 Å². The molecular formula is C12H16ClNO3S. The Hall–Kier alpha value is -0.620. The first-order valence-electron chi connectivity index (χ1n) is 5.92. The van der Waals surface area contributed by atoms with Gasteiger partial charge in [-0.05, 0) is 36.5 Å². The first-order chi connectivity index (χ1) is 8.53. The number of aliphatic hydroxyl groups excluding tert-OH is 1. The normalized spacial score (nSPS) is 16.6. The second kappa shape index (κ2) is 5.57. The van der Waals surface area contributed by atoms with Crippen LogP contribution in [0.15, 0.2) is 23.1 Å². The number of rotatable bonds is 5. The van der Waals surface area contributed by atoms with E-state index in [-0.39, 0.29) is 16.5 Å². The van der Waals surface area contributed by atoms with Gasteiger partial charge in [-0.1, -0.05) is 24.1 Å². The molecule has 1 aliphatic carbocycles. The van der Waals surface area contributed by atoms with Crippen molar-refractivity contribution in [2.24, 2.45) is 5.92 Å². The lowest BCUT2D eigenvalue weighted by atomic mass is 9.86. The van der Waals surface area contributed by atoms with Gasteiger partial charge in [0.15, 0.2) is 0 Å². The van der Waals surface area contributed by atoms with E-state index < -0.39 is 10.0 Å². The second-order valence-corrected chi connectivity index (χ2v) is 6.73. The van der Waals surface area contributed by atoms with Crippen LogP contribution in [0, 0.1) is 5.92 Å². The molecule has 1 aliphatic rings. The Bertz CT molecular complexity index is 526. The number of sulfonamides is 1.